The highest BCUT2D eigenvalue weighted by Gasteiger charge is 2.11. The molecule has 1 amide bonds. The molecule has 1 aromatic carbocycles. The van der Waals surface area contributed by atoms with Crippen molar-refractivity contribution < 1.29 is 9.18 Å². The Morgan fingerprint density at radius 2 is 2.21 bits per heavy atom. The second kappa shape index (κ2) is 5.48. The van der Waals surface area contributed by atoms with Crippen LogP contribution in [0.2, 0.25) is 0 Å². The van der Waals surface area contributed by atoms with Crippen LogP contribution >= 0.6 is 0 Å². The van der Waals surface area contributed by atoms with E-state index in [1.165, 1.54) is 12.1 Å². The first-order valence-corrected chi connectivity index (χ1v) is 5.83. The summed E-state index contributed by atoms with van der Waals surface area (Å²) in [6, 6.07) is 7.95. The van der Waals surface area contributed by atoms with E-state index in [0.717, 1.165) is 5.56 Å². The van der Waals surface area contributed by atoms with Crippen molar-refractivity contribution in [1.82, 2.24) is 4.98 Å². The molecule has 0 fully saturated rings. The minimum atomic E-state index is -0.782. The lowest BCUT2D eigenvalue weighted by molar-refractivity contribution is 0.0996. The Morgan fingerprint density at radius 1 is 1.42 bits per heavy atom. The molecule has 0 aliphatic carbocycles. The molecule has 0 saturated carbocycles. The number of hydrogen-bond acceptors (Lipinski definition) is 3. The molecule has 2 aromatic rings. The van der Waals surface area contributed by atoms with Gasteiger partial charge in [0.05, 0.1) is 11.6 Å². The molecule has 1 atom stereocenters. The summed E-state index contributed by atoms with van der Waals surface area (Å²) in [5, 5.41) is 3.17. The van der Waals surface area contributed by atoms with Gasteiger partial charge >= 0.3 is 0 Å². The molecule has 1 unspecified atom stereocenters. The Hall–Kier alpha value is -2.43. The number of hydrogen-bond donors (Lipinski definition) is 2. The lowest BCUT2D eigenvalue weighted by atomic mass is 10.1. The fourth-order valence-corrected chi connectivity index (χ4v) is 1.77. The van der Waals surface area contributed by atoms with Crippen LogP contribution in [0.3, 0.4) is 0 Å². The molecule has 19 heavy (non-hydrogen) atoms. The van der Waals surface area contributed by atoms with E-state index >= 15 is 0 Å². The Labute approximate surface area is 110 Å². The molecule has 0 aliphatic heterocycles. The normalized spacial score (nSPS) is 11.9. The molecule has 0 aliphatic rings. The summed E-state index contributed by atoms with van der Waals surface area (Å²) in [6.07, 6.45) is 3.44. The van der Waals surface area contributed by atoms with Crippen LogP contribution in [0.1, 0.15) is 28.9 Å². The van der Waals surface area contributed by atoms with E-state index in [0.29, 0.717) is 5.69 Å². The van der Waals surface area contributed by atoms with Gasteiger partial charge in [0.1, 0.15) is 5.82 Å². The molecule has 98 valence electrons. The number of aromatic nitrogens is 1. The maximum atomic E-state index is 13.3. The number of nitrogens with two attached hydrogens (primary N) is 1. The Balaban J connectivity index is 2.20. The van der Waals surface area contributed by atoms with Crippen molar-refractivity contribution in [3.8, 4) is 0 Å². The SMILES string of the molecule is CC(Nc1ccc(F)c(C(N)=O)c1)c1cccnc1. The Bertz CT molecular complexity index is 586. The van der Waals surface area contributed by atoms with Crippen molar-refractivity contribution in [2.75, 3.05) is 5.32 Å². The molecule has 0 saturated heterocycles. The number of pyridine rings is 1. The second-order valence-electron chi connectivity index (χ2n) is 4.21. The Morgan fingerprint density at radius 3 is 2.84 bits per heavy atom. The first kappa shape index (κ1) is 13.0. The molecular formula is C14H14FN3O. The zero-order valence-corrected chi connectivity index (χ0v) is 10.4. The number of nitrogens with one attached hydrogen (secondary N) is 1. The number of rotatable bonds is 4. The molecule has 1 heterocycles. The number of halogens is 1. The third-order valence-corrected chi connectivity index (χ3v) is 2.80. The third-order valence-electron chi connectivity index (χ3n) is 2.80. The van der Waals surface area contributed by atoms with Gasteiger partial charge in [-0.15, -0.1) is 0 Å². The van der Waals surface area contributed by atoms with Crippen LogP contribution in [-0.4, -0.2) is 10.9 Å². The zero-order valence-electron chi connectivity index (χ0n) is 10.4. The average molecular weight is 259 g/mol. The van der Waals surface area contributed by atoms with Gasteiger partial charge in [0, 0.05) is 18.1 Å². The van der Waals surface area contributed by atoms with Crippen molar-refractivity contribution >= 4 is 11.6 Å². The summed E-state index contributed by atoms with van der Waals surface area (Å²) in [5.74, 6) is -1.40. The topological polar surface area (TPSA) is 68.0 Å². The number of benzene rings is 1. The number of primary amides is 1. The summed E-state index contributed by atoms with van der Waals surface area (Å²) >= 11 is 0. The molecule has 4 nitrogen and oxygen atoms in total. The number of anilines is 1. The Kier molecular flexibility index (Phi) is 3.75. The standard InChI is InChI=1S/C14H14FN3O/c1-9(10-3-2-6-17-8-10)18-11-4-5-13(15)12(7-11)14(16)19/h2-9,18H,1H3,(H2,16,19). The minimum absolute atomic E-state index is 0.0140. The quantitative estimate of drug-likeness (QED) is 0.886. The largest absolute Gasteiger partial charge is 0.378 e. The van der Waals surface area contributed by atoms with E-state index < -0.39 is 11.7 Å². The number of carbonyl (C=O) groups excluding carboxylic acids is 1. The van der Waals surface area contributed by atoms with Crippen molar-refractivity contribution in [1.29, 1.82) is 0 Å². The van der Waals surface area contributed by atoms with Crippen LogP contribution in [0, 0.1) is 5.82 Å². The number of nitrogens with zero attached hydrogens (tertiary/aromatic N) is 1. The van der Waals surface area contributed by atoms with Crippen molar-refractivity contribution in [2.45, 2.75) is 13.0 Å². The van der Waals surface area contributed by atoms with Gasteiger partial charge in [-0.1, -0.05) is 6.07 Å². The highest BCUT2D eigenvalue weighted by Crippen LogP contribution is 2.20. The van der Waals surface area contributed by atoms with Gasteiger partial charge in [0.25, 0.3) is 5.91 Å². The van der Waals surface area contributed by atoms with Gasteiger partial charge in [0.2, 0.25) is 0 Å². The fourth-order valence-electron chi connectivity index (χ4n) is 1.77. The van der Waals surface area contributed by atoms with Gasteiger partial charge in [-0.3, -0.25) is 9.78 Å². The van der Waals surface area contributed by atoms with Crippen molar-refractivity contribution in [3.63, 3.8) is 0 Å². The lowest BCUT2D eigenvalue weighted by Crippen LogP contribution is -2.14. The maximum absolute atomic E-state index is 13.3. The van der Waals surface area contributed by atoms with Gasteiger partial charge in [-0.05, 0) is 36.8 Å². The van der Waals surface area contributed by atoms with E-state index in [4.69, 9.17) is 5.73 Å². The fraction of sp³-hybridized carbons (Fsp3) is 0.143. The summed E-state index contributed by atoms with van der Waals surface area (Å²) in [5.41, 5.74) is 6.61. The van der Waals surface area contributed by atoms with Crippen LogP contribution in [0.4, 0.5) is 10.1 Å². The highest BCUT2D eigenvalue weighted by atomic mass is 19.1. The van der Waals surface area contributed by atoms with Crippen LogP contribution in [-0.2, 0) is 0 Å². The van der Waals surface area contributed by atoms with Gasteiger partial charge in [0.15, 0.2) is 0 Å². The van der Waals surface area contributed by atoms with Crippen molar-refractivity contribution in [3.05, 3.63) is 59.7 Å². The van der Waals surface area contributed by atoms with Crippen LogP contribution in [0.25, 0.3) is 0 Å². The van der Waals surface area contributed by atoms with Gasteiger partial charge in [-0.2, -0.15) is 0 Å². The smallest absolute Gasteiger partial charge is 0.251 e. The zero-order chi connectivity index (χ0) is 13.8. The minimum Gasteiger partial charge on any atom is -0.378 e. The van der Waals surface area contributed by atoms with Gasteiger partial charge < -0.3 is 11.1 Å². The first-order chi connectivity index (χ1) is 9.08. The van der Waals surface area contributed by atoms with E-state index in [1.54, 1.807) is 18.5 Å². The van der Waals surface area contributed by atoms with E-state index in [9.17, 15) is 9.18 Å². The molecule has 0 spiro atoms. The third kappa shape index (κ3) is 3.07. The summed E-state index contributed by atoms with van der Waals surface area (Å²) < 4.78 is 13.3. The molecule has 5 heteroatoms. The van der Waals surface area contributed by atoms with Crippen LogP contribution < -0.4 is 11.1 Å². The monoisotopic (exact) mass is 259 g/mol. The number of amides is 1. The summed E-state index contributed by atoms with van der Waals surface area (Å²) in [6.45, 7) is 1.95. The van der Waals surface area contributed by atoms with Crippen LogP contribution in [0.15, 0.2) is 42.7 Å². The second-order valence-corrected chi connectivity index (χ2v) is 4.21. The predicted molar refractivity (Wildman–Crippen MR) is 71.2 cm³/mol. The van der Waals surface area contributed by atoms with E-state index in [1.807, 2.05) is 19.1 Å². The highest BCUT2D eigenvalue weighted by molar-refractivity contribution is 5.94. The average Bonchev–Trinajstić information content (AvgIpc) is 2.41. The van der Waals surface area contributed by atoms with E-state index in [-0.39, 0.29) is 11.6 Å². The van der Waals surface area contributed by atoms with Crippen LogP contribution in [0.5, 0.6) is 0 Å². The summed E-state index contributed by atoms with van der Waals surface area (Å²) in [4.78, 5) is 15.1. The predicted octanol–water partition coefficient (Wildman–Crippen LogP) is 2.49. The molecule has 3 N–H and O–H groups in total. The molecule has 2 rings (SSSR count). The molecule has 0 bridgehead atoms. The molecule has 0 radical (unpaired) electrons. The summed E-state index contributed by atoms with van der Waals surface area (Å²) in [7, 11) is 0. The van der Waals surface area contributed by atoms with Crippen molar-refractivity contribution in [2.24, 2.45) is 5.73 Å². The molecule has 1 aromatic heterocycles. The lowest BCUT2D eigenvalue weighted by Gasteiger charge is -2.15. The first-order valence-electron chi connectivity index (χ1n) is 5.83. The van der Waals surface area contributed by atoms with E-state index in [2.05, 4.69) is 10.3 Å². The molecular weight excluding hydrogens is 245 g/mol. The van der Waals surface area contributed by atoms with Gasteiger partial charge in [-0.25, -0.2) is 4.39 Å². The number of carbonyl (C=O) groups is 1. The maximum Gasteiger partial charge on any atom is 0.251 e.